The second-order valence-corrected chi connectivity index (χ2v) is 4.51. The average Bonchev–Trinajstić information content (AvgIpc) is 2.38. The molecule has 2 aliphatic rings. The van der Waals surface area contributed by atoms with Gasteiger partial charge >= 0.3 is 5.97 Å². The summed E-state index contributed by atoms with van der Waals surface area (Å²) in [4.78, 5) is 11.7. The highest BCUT2D eigenvalue weighted by molar-refractivity contribution is 5.72. The molecule has 0 aromatic rings. The smallest absolute Gasteiger partial charge is 0.309 e. The van der Waals surface area contributed by atoms with Crippen LogP contribution in [-0.2, 0) is 19.0 Å². The van der Waals surface area contributed by atoms with Crippen LogP contribution in [0.25, 0.3) is 0 Å². The van der Waals surface area contributed by atoms with Crippen molar-refractivity contribution in [2.75, 3.05) is 26.4 Å². The highest BCUT2D eigenvalue weighted by Gasteiger charge is 2.24. The third-order valence-electron chi connectivity index (χ3n) is 3.24. The highest BCUT2D eigenvalue weighted by Crippen LogP contribution is 2.18. The molecule has 0 aliphatic carbocycles. The lowest BCUT2D eigenvalue weighted by atomic mass is 10.0. The van der Waals surface area contributed by atoms with Crippen molar-refractivity contribution >= 4 is 5.97 Å². The largest absolute Gasteiger partial charge is 0.463 e. The summed E-state index contributed by atoms with van der Waals surface area (Å²) in [5.41, 5.74) is 0. The topological polar surface area (TPSA) is 44.8 Å². The standard InChI is InChI=1S/C12H20O4/c13-12(10-4-7-14-8-5-10)16-9-11-3-1-2-6-15-11/h10-11H,1-9H2. The number of ether oxygens (including phenoxy) is 3. The summed E-state index contributed by atoms with van der Waals surface area (Å²) in [6.07, 6.45) is 5.04. The molecule has 4 nitrogen and oxygen atoms in total. The van der Waals surface area contributed by atoms with Crippen molar-refractivity contribution in [2.24, 2.45) is 5.92 Å². The molecule has 0 saturated carbocycles. The number of hydrogen-bond acceptors (Lipinski definition) is 4. The van der Waals surface area contributed by atoms with Gasteiger partial charge in [0.1, 0.15) is 6.61 Å². The molecule has 92 valence electrons. The fraction of sp³-hybridized carbons (Fsp3) is 0.917. The van der Waals surface area contributed by atoms with E-state index in [9.17, 15) is 4.79 Å². The van der Waals surface area contributed by atoms with Crippen LogP contribution in [0.2, 0.25) is 0 Å². The van der Waals surface area contributed by atoms with Gasteiger partial charge in [0.25, 0.3) is 0 Å². The van der Waals surface area contributed by atoms with Gasteiger partial charge in [-0.1, -0.05) is 0 Å². The molecule has 2 fully saturated rings. The third kappa shape index (κ3) is 3.46. The van der Waals surface area contributed by atoms with E-state index in [1.54, 1.807) is 0 Å². The van der Waals surface area contributed by atoms with Crippen LogP contribution in [0.4, 0.5) is 0 Å². The first-order valence-corrected chi connectivity index (χ1v) is 6.22. The summed E-state index contributed by atoms with van der Waals surface area (Å²) < 4.78 is 16.0. The summed E-state index contributed by atoms with van der Waals surface area (Å²) in [6, 6.07) is 0. The molecule has 16 heavy (non-hydrogen) atoms. The first-order chi connectivity index (χ1) is 7.86. The third-order valence-corrected chi connectivity index (χ3v) is 3.24. The maximum atomic E-state index is 11.7. The summed E-state index contributed by atoms with van der Waals surface area (Å²) >= 11 is 0. The zero-order valence-electron chi connectivity index (χ0n) is 9.65. The van der Waals surface area contributed by atoms with E-state index in [2.05, 4.69) is 0 Å². The van der Waals surface area contributed by atoms with Crippen LogP contribution in [0, 0.1) is 5.92 Å². The molecule has 4 heteroatoms. The van der Waals surface area contributed by atoms with Crippen molar-refractivity contribution in [3.8, 4) is 0 Å². The van der Waals surface area contributed by atoms with E-state index in [0.717, 1.165) is 32.3 Å². The molecule has 2 saturated heterocycles. The molecule has 0 amide bonds. The lowest BCUT2D eigenvalue weighted by Crippen LogP contribution is -2.30. The molecule has 0 spiro atoms. The molecule has 1 atom stereocenters. The van der Waals surface area contributed by atoms with Crippen molar-refractivity contribution in [1.29, 1.82) is 0 Å². The maximum absolute atomic E-state index is 11.7. The Balaban J connectivity index is 1.65. The monoisotopic (exact) mass is 228 g/mol. The molecular weight excluding hydrogens is 208 g/mol. The Morgan fingerprint density at radius 3 is 2.62 bits per heavy atom. The summed E-state index contributed by atoms with van der Waals surface area (Å²) in [7, 11) is 0. The lowest BCUT2D eigenvalue weighted by molar-refractivity contribution is -0.157. The van der Waals surface area contributed by atoms with E-state index in [1.165, 1.54) is 6.42 Å². The second kappa shape index (κ2) is 6.21. The van der Waals surface area contributed by atoms with Crippen molar-refractivity contribution in [3.63, 3.8) is 0 Å². The fourth-order valence-corrected chi connectivity index (χ4v) is 2.17. The van der Waals surface area contributed by atoms with Crippen molar-refractivity contribution in [2.45, 2.75) is 38.2 Å². The maximum Gasteiger partial charge on any atom is 0.309 e. The van der Waals surface area contributed by atoms with Gasteiger partial charge in [-0.15, -0.1) is 0 Å². The van der Waals surface area contributed by atoms with E-state index < -0.39 is 0 Å². The van der Waals surface area contributed by atoms with Gasteiger partial charge in [0.05, 0.1) is 12.0 Å². The summed E-state index contributed by atoms with van der Waals surface area (Å²) in [5, 5.41) is 0. The van der Waals surface area contributed by atoms with E-state index in [0.29, 0.717) is 19.8 Å². The van der Waals surface area contributed by atoms with Crippen molar-refractivity contribution in [1.82, 2.24) is 0 Å². The Morgan fingerprint density at radius 2 is 1.94 bits per heavy atom. The fourth-order valence-electron chi connectivity index (χ4n) is 2.17. The quantitative estimate of drug-likeness (QED) is 0.687. The number of rotatable bonds is 3. The predicted molar refractivity (Wildman–Crippen MR) is 58.1 cm³/mol. The molecule has 2 aliphatic heterocycles. The molecule has 0 aromatic carbocycles. The minimum atomic E-state index is -0.0718. The Hall–Kier alpha value is -0.610. The lowest BCUT2D eigenvalue weighted by Gasteiger charge is -2.24. The number of carbonyl (C=O) groups is 1. The Kier molecular flexibility index (Phi) is 4.60. The molecule has 1 unspecified atom stereocenters. The average molecular weight is 228 g/mol. The zero-order chi connectivity index (χ0) is 11.2. The number of esters is 1. The highest BCUT2D eigenvalue weighted by atomic mass is 16.6. The molecule has 0 bridgehead atoms. The Labute approximate surface area is 96.2 Å². The molecule has 0 N–H and O–H groups in total. The van der Waals surface area contributed by atoms with Gasteiger partial charge in [-0.3, -0.25) is 4.79 Å². The Morgan fingerprint density at radius 1 is 1.12 bits per heavy atom. The van der Waals surface area contributed by atoms with Gasteiger partial charge in [-0.25, -0.2) is 0 Å². The van der Waals surface area contributed by atoms with Crippen LogP contribution in [0.5, 0.6) is 0 Å². The van der Waals surface area contributed by atoms with Crippen LogP contribution in [0.3, 0.4) is 0 Å². The molecular formula is C12H20O4. The van der Waals surface area contributed by atoms with Gasteiger partial charge in [-0.05, 0) is 32.1 Å². The van der Waals surface area contributed by atoms with E-state index in [1.807, 2.05) is 0 Å². The number of carbonyl (C=O) groups excluding carboxylic acids is 1. The molecule has 2 rings (SSSR count). The van der Waals surface area contributed by atoms with Crippen molar-refractivity contribution < 1.29 is 19.0 Å². The van der Waals surface area contributed by atoms with Crippen LogP contribution in [-0.4, -0.2) is 38.5 Å². The van der Waals surface area contributed by atoms with Gasteiger partial charge in [0.15, 0.2) is 0 Å². The minimum absolute atomic E-state index is 0.0392. The molecule has 2 heterocycles. The van der Waals surface area contributed by atoms with E-state index in [-0.39, 0.29) is 18.0 Å². The van der Waals surface area contributed by atoms with Crippen LogP contribution >= 0.6 is 0 Å². The first kappa shape index (κ1) is 11.9. The summed E-state index contributed by atoms with van der Waals surface area (Å²) in [5.74, 6) is -0.0326. The van der Waals surface area contributed by atoms with E-state index in [4.69, 9.17) is 14.2 Å². The van der Waals surface area contributed by atoms with Crippen LogP contribution in [0.15, 0.2) is 0 Å². The SMILES string of the molecule is O=C(OCC1CCCCO1)C1CCOCC1. The van der Waals surface area contributed by atoms with Crippen LogP contribution < -0.4 is 0 Å². The van der Waals surface area contributed by atoms with Crippen LogP contribution in [0.1, 0.15) is 32.1 Å². The normalized spacial score (nSPS) is 27.6. The second-order valence-electron chi connectivity index (χ2n) is 4.51. The Bertz CT molecular complexity index is 217. The predicted octanol–water partition coefficient (Wildman–Crippen LogP) is 1.53. The van der Waals surface area contributed by atoms with Gasteiger partial charge in [0, 0.05) is 19.8 Å². The van der Waals surface area contributed by atoms with Gasteiger partial charge in [0.2, 0.25) is 0 Å². The molecule has 0 aromatic heterocycles. The molecule has 0 radical (unpaired) electrons. The first-order valence-electron chi connectivity index (χ1n) is 6.22. The minimum Gasteiger partial charge on any atom is -0.463 e. The van der Waals surface area contributed by atoms with Crippen molar-refractivity contribution in [3.05, 3.63) is 0 Å². The zero-order valence-corrected chi connectivity index (χ0v) is 9.65. The van der Waals surface area contributed by atoms with E-state index >= 15 is 0 Å². The summed E-state index contributed by atoms with van der Waals surface area (Å²) in [6.45, 7) is 2.59. The van der Waals surface area contributed by atoms with Gasteiger partial charge < -0.3 is 14.2 Å². The van der Waals surface area contributed by atoms with Gasteiger partial charge in [-0.2, -0.15) is 0 Å². The number of hydrogen-bond donors (Lipinski definition) is 0.